The Morgan fingerprint density at radius 3 is 2.79 bits per heavy atom. The molecule has 106 valence electrons. The molecular formula is C16H25FN2. The van der Waals surface area contributed by atoms with Crippen LogP contribution in [-0.2, 0) is 13.1 Å². The summed E-state index contributed by atoms with van der Waals surface area (Å²) in [5, 5.41) is 3.37. The third-order valence-corrected chi connectivity index (χ3v) is 2.87. The van der Waals surface area contributed by atoms with Crippen LogP contribution in [0.2, 0.25) is 0 Å². The minimum Gasteiger partial charge on any atom is -0.312 e. The van der Waals surface area contributed by atoms with Crippen molar-refractivity contribution in [3.8, 4) is 0 Å². The molecule has 0 unspecified atom stereocenters. The first-order valence-corrected chi connectivity index (χ1v) is 6.80. The third kappa shape index (κ3) is 5.99. The Bertz CT molecular complexity index is 402. The summed E-state index contributed by atoms with van der Waals surface area (Å²) in [5.41, 5.74) is 1.87. The largest absolute Gasteiger partial charge is 0.312 e. The van der Waals surface area contributed by atoms with Crippen molar-refractivity contribution in [2.45, 2.75) is 26.9 Å². The topological polar surface area (TPSA) is 15.3 Å². The first-order chi connectivity index (χ1) is 9.02. The van der Waals surface area contributed by atoms with Gasteiger partial charge in [0.15, 0.2) is 0 Å². The van der Waals surface area contributed by atoms with Gasteiger partial charge in [0.1, 0.15) is 5.82 Å². The summed E-state index contributed by atoms with van der Waals surface area (Å²) in [4.78, 5) is 2.04. The predicted molar refractivity (Wildman–Crippen MR) is 79.5 cm³/mol. The second-order valence-electron chi connectivity index (χ2n) is 5.44. The smallest absolute Gasteiger partial charge is 0.127 e. The quantitative estimate of drug-likeness (QED) is 0.725. The maximum absolute atomic E-state index is 13.7. The molecule has 0 spiro atoms. The fraction of sp³-hybridized carbons (Fsp3) is 0.500. The van der Waals surface area contributed by atoms with Crippen molar-refractivity contribution in [1.82, 2.24) is 10.2 Å². The van der Waals surface area contributed by atoms with E-state index in [0.717, 1.165) is 30.8 Å². The van der Waals surface area contributed by atoms with E-state index in [1.165, 1.54) is 0 Å². The molecule has 0 heterocycles. The summed E-state index contributed by atoms with van der Waals surface area (Å²) in [7, 11) is 1.96. The van der Waals surface area contributed by atoms with Crippen molar-refractivity contribution in [2.75, 3.05) is 20.1 Å². The van der Waals surface area contributed by atoms with Crippen molar-refractivity contribution in [1.29, 1.82) is 0 Å². The van der Waals surface area contributed by atoms with Gasteiger partial charge in [-0.1, -0.05) is 32.1 Å². The molecule has 1 rings (SSSR count). The monoisotopic (exact) mass is 264 g/mol. The lowest BCUT2D eigenvalue weighted by Gasteiger charge is -2.16. The molecule has 0 bridgehead atoms. The average molecular weight is 264 g/mol. The van der Waals surface area contributed by atoms with Gasteiger partial charge >= 0.3 is 0 Å². The van der Waals surface area contributed by atoms with E-state index in [1.54, 1.807) is 6.07 Å². The summed E-state index contributed by atoms with van der Waals surface area (Å²) >= 11 is 0. The maximum atomic E-state index is 13.7. The molecule has 0 atom stereocenters. The van der Waals surface area contributed by atoms with Crippen LogP contribution in [0.15, 0.2) is 30.9 Å². The maximum Gasteiger partial charge on any atom is 0.127 e. The van der Waals surface area contributed by atoms with Gasteiger partial charge in [-0.2, -0.15) is 0 Å². The van der Waals surface area contributed by atoms with E-state index in [1.807, 2.05) is 30.2 Å². The number of nitrogens with one attached hydrogen (secondary N) is 1. The van der Waals surface area contributed by atoms with Crippen LogP contribution >= 0.6 is 0 Å². The second kappa shape index (κ2) is 8.08. The number of likely N-dealkylation sites (N-methyl/N-ethyl adjacent to an activating group) is 1. The fourth-order valence-electron chi connectivity index (χ4n) is 1.94. The predicted octanol–water partition coefficient (Wildman–Crippen LogP) is 3.19. The fourth-order valence-corrected chi connectivity index (χ4v) is 1.94. The minimum absolute atomic E-state index is 0.136. The average Bonchev–Trinajstić information content (AvgIpc) is 2.33. The van der Waals surface area contributed by atoms with Gasteiger partial charge in [0.2, 0.25) is 0 Å². The molecule has 0 aliphatic carbocycles. The Kier molecular flexibility index (Phi) is 6.74. The van der Waals surface area contributed by atoms with Crippen LogP contribution in [0.3, 0.4) is 0 Å². The number of nitrogens with zero attached hydrogens (tertiary/aromatic N) is 1. The molecule has 0 aromatic heterocycles. The van der Waals surface area contributed by atoms with Crippen molar-refractivity contribution in [3.63, 3.8) is 0 Å². The zero-order valence-corrected chi connectivity index (χ0v) is 12.2. The Balaban J connectivity index is 2.62. The summed E-state index contributed by atoms with van der Waals surface area (Å²) < 4.78 is 13.7. The number of hydrogen-bond acceptors (Lipinski definition) is 2. The Morgan fingerprint density at radius 2 is 2.16 bits per heavy atom. The SMILES string of the molecule is C=CCN(C)Cc1cc(CNCC(C)C)ccc1F. The first-order valence-electron chi connectivity index (χ1n) is 6.80. The summed E-state index contributed by atoms with van der Waals surface area (Å²) in [6.07, 6.45) is 1.83. The van der Waals surface area contributed by atoms with Gasteiger partial charge in [0, 0.05) is 25.2 Å². The lowest BCUT2D eigenvalue weighted by Crippen LogP contribution is -2.20. The van der Waals surface area contributed by atoms with Crippen LogP contribution < -0.4 is 5.32 Å². The van der Waals surface area contributed by atoms with Gasteiger partial charge in [-0.25, -0.2) is 4.39 Å². The molecule has 0 radical (unpaired) electrons. The van der Waals surface area contributed by atoms with Gasteiger partial charge < -0.3 is 5.32 Å². The van der Waals surface area contributed by atoms with Crippen molar-refractivity contribution in [3.05, 3.63) is 47.8 Å². The molecule has 0 saturated carbocycles. The Labute approximate surface area is 116 Å². The van der Waals surface area contributed by atoms with Crippen LogP contribution in [0.25, 0.3) is 0 Å². The highest BCUT2D eigenvalue weighted by atomic mass is 19.1. The van der Waals surface area contributed by atoms with Crippen molar-refractivity contribution < 1.29 is 4.39 Å². The first kappa shape index (κ1) is 15.9. The van der Waals surface area contributed by atoms with Gasteiger partial charge in [0.25, 0.3) is 0 Å². The lowest BCUT2D eigenvalue weighted by molar-refractivity contribution is 0.356. The third-order valence-electron chi connectivity index (χ3n) is 2.87. The Morgan fingerprint density at radius 1 is 1.42 bits per heavy atom. The molecule has 0 aliphatic heterocycles. The van der Waals surface area contributed by atoms with Crippen molar-refractivity contribution >= 4 is 0 Å². The molecule has 3 heteroatoms. The van der Waals surface area contributed by atoms with E-state index >= 15 is 0 Å². The standard InChI is InChI=1S/C16H25FN2/c1-5-8-19(4)12-15-9-14(6-7-16(15)17)11-18-10-13(2)3/h5-7,9,13,18H,1,8,10-12H2,2-4H3. The summed E-state index contributed by atoms with van der Waals surface area (Å²) in [5.74, 6) is 0.488. The summed E-state index contributed by atoms with van der Waals surface area (Å²) in [6, 6.07) is 5.35. The highest BCUT2D eigenvalue weighted by molar-refractivity contribution is 5.25. The number of benzene rings is 1. The molecule has 2 nitrogen and oxygen atoms in total. The number of hydrogen-bond donors (Lipinski definition) is 1. The molecule has 1 aromatic carbocycles. The molecule has 1 aromatic rings. The van der Waals surface area contributed by atoms with Gasteiger partial charge in [-0.15, -0.1) is 6.58 Å². The van der Waals surface area contributed by atoms with Crippen LogP contribution in [0.5, 0.6) is 0 Å². The molecule has 19 heavy (non-hydrogen) atoms. The van der Waals surface area contributed by atoms with Crippen LogP contribution in [0, 0.1) is 11.7 Å². The van der Waals surface area contributed by atoms with Crippen LogP contribution in [0.1, 0.15) is 25.0 Å². The summed E-state index contributed by atoms with van der Waals surface area (Å²) in [6.45, 7) is 11.2. The van der Waals surface area contributed by atoms with E-state index in [4.69, 9.17) is 0 Å². The molecule has 0 saturated heterocycles. The number of halogens is 1. The molecule has 1 N–H and O–H groups in total. The van der Waals surface area contributed by atoms with E-state index in [0.29, 0.717) is 12.5 Å². The van der Waals surface area contributed by atoms with Crippen LogP contribution in [0.4, 0.5) is 4.39 Å². The van der Waals surface area contributed by atoms with Gasteiger partial charge in [0.05, 0.1) is 0 Å². The van der Waals surface area contributed by atoms with Crippen LogP contribution in [-0.4, -0.2) is 25.0 Å². The normalized spacial score (nSPS) is 11.3. The zero-order valence-electron chi connectivity index (χ0n) is 12.2. The number of rotatable bonds is 8. The van der Waals surface area contributed by atoms with E-state index < -0.39 is 0 Å². The van der Waals surface area contributed by atoms with Crippen molar-refractivity contribution in [2.24, 2.45) is 5.92 Å². The highest BCUT2D eigenvalue weighted by Crippen LogP contribution is 2.13. The molecule has 0 aliphatic rings. The van der Waals surface area contributed by atoms with Gasteiger partial charge in [-0.05, 0) is 31.1 Å². The Hall–Kier alpha value is -1.19. The van der Waals surface area contributed by atoms with E-state index in [-0.39, 0.29) is 5.82 Å². The molecule has 0 fully saturated rings. The molecule has 0 amide bonds. The lowest BCUT2D eigenvalue weighted by atomic mass is 10.1. The van der Waals surface area contributed by atoms with E-state index in [9.17, 15) is 4.39 Å². The van der Waals surface area contributed by atoms with E-state index in [2.05, 4.69) is 25.7 Å². The second-order valence-corrected chi connectivity index (χ2v) is 5.44. The highest BCUT2D eigenvalue weighted by Gasteiger charge is 2.06. The zero-order chi connectivity index (χ0) is 14.3. The molecular weight excluding hydrogens is 239 g/mol. The van der Waals surface area contributed by atoms with Gasteiger partial charge in [-0.3, -0.25) is 4.90 Å². The minimum atomic E-state index is -0.136.